The summed E-state index contributed by atoms with van der Waals surface area (Å²) in [6, 6.07) is 10.3. The molecular weight excluding hydrogens is 176 g/mol. The zero-order chi connectivity index (χ0) is 10.8. The number of aliphatic hydroxyl groups is 2. The van der Waals surface area contributed by atoms with E-state index in [-0.39, 0.29) is 0 Å². The number of unbranched alkanes of at least 4 members (excludes halogenated alkanes) is 1. The highest BCUT2D eigenvalue weighted by Crippen LogP contribution is 1.95. The summed E-state index contributed by atoms with van der Waals surface area (Å²) in [6.45, 7) is 4.10. The van der Waals surface area contributed by atoms with Gasteiger partial charge in [-0.2, -0.15) is 0 Å². The predicted molar refractivity (Wildman–Crippen MR) is 58.9 cm³/mol. The van der Waals surface area contributed by atoms with Crippen molar-refractivity contribution < 1.29 is 10.2 Å². The Morgan fingerprint density at radius 1 is 1.14 bits per heavy atom. The Labute approximate surface area is 86.2 Å². The molecule has 0 amide bonds. The third-order valence-electron chi connectivity index (χ3n) is 1.76. The van der Waals surface area contributed by atoms with Gasteiger partial charge in [-0.1, -0.05) is 49.2 Å². The van der Waals surface area contributed by atoms with Gasteiger partial charge in [-0.25, -0.2) is 0 Å². The second-order valence-electron chi connectivity index (χ2n) is 3.28. The van der Waals surface area contributed by atoms with Gasteiger partial charge in [0.1, 0.15) is 0 Å². The topological polar surface area (TPSA) is 40.5 Å². The first-order valence-corrected chi connectivity index (χ1v) is 5.04. The summed E-state index contributed by atoms with van der Waals surface area (Å²) in [6.07, 6.45) is 1.34. The predicted octanol–water partition coefficient (Wildman–Crippen LogP) is 2.48. The van der Waals surface area contributed by atoms with Crippen molar-refractivity contribution in [1.29, 1.82) is 0 Å². The van der Waals surface area contributed by atoms with Crippen molar-refractivity contribution in [2.75, 3.05) is 0 Å². The summed E-state index contributed by atoms with van der Waals surface area (Å²) in [5.41, 5.74) is 1.32. The molecule has 0 aliphatic heterocycles. The van der Waals surface area contributed by atoms with Crippen LogP contribution in [0.5, 0.6) is 0 Å². The average Bonchev–Trinajstić information content (AvgIpc) is 2.17. The van der Waals surface area contributed by atoms with Gasteiger partial charge in [-0.05, 0) is 19.8 Å². The molecule has 80 valence electrons. The summed E-state index contributed by atoms with van der Waals surface area (Å²) < 4.78 is 0. The summed E-state index contributed by atoms with van der Waals surface area (Å²) >= 11 is 0. The summed E-state index contributed by atoms with van der Waals surface area (Å²) in [5, 5.41) is 16.5. The van der Waals surface area contributed by atoms with E-state index in [0.29, 0.717) is 6.42 Å². The summed E-state index contributed by atoms with van der Waals surface area (Å²) in [4.78, 5) is 0. The Morgan fingerprint density at radius 3 is 1.93 bits per heavy atom. The number of aryl methyl sites for hydroxylation is 1. The molecule has 0 atom stereocenters. The van der Waals surface area contributed by atoms with E-state index in [1.807, 2.05) is 25.1 Å². The maximum Gasteiger partial charge on any atom is 0.151 e. The lowest BCUT2D eigenvalue weighted by atomic mass is 10.2. The van der Waals surface area contributed by atoms with Crippen molar-refractivity contribution in [3.63, 3.8) is 0 Å². The molecule has 0 aromatic heterocycles. The van der Waals surface area contributed by atoms with Gasteiger partial charge >= 0.3 is 0 Å². The van der Waals surface area contributed by atoms with Crippen LogP contribution in [-0.4, -0.2) is 16.5 Å². The van der Waals surface area contributed by atoms with Crippen LogP contribution in [-0.2, 0) is 0 Å². The average molecular weight is 196 g/mol. The first-order valence-electron chi connectivity index (χ1n) is 5.04. The van der Waals surface area contributed by atoms with Crippen molar-refractivity contribution >= 4 is 0 Å². The molecule has 0 aliphatic rings. The number of hydrogen-bond donors (Lipinski definition) is 2. The monoisotopic (exact) mass is 196 g/mol. The second kappa shape index (κ2) is 8.73. The normalized spacial score (nSPS) is 9.50. The molecule has 0 fully saturated rings. The Balaban J connectivity index is 0.000000241. The van der Waals surface area contributed by atoms with Gasteiger partial charge in [0.05, 0.1) is 0 Å². The minimum Gasteiger partial charge on any atom is -0.368 e. The number of rotatable bonds is 3. The second-order valence-corrected chi connectivity index (χ2v) is 3.28. The summed E-state index contributed by atoms with van der Waals surface area (Å²) in [7, 11) is 0. The van der Waals surface area contributed by atoms with Crippen molar-refractivity contribution in [3.05, 3.63) is 35.9 Å². The summed E-state index contributed by atoms with van der Waals surface area (Å²) in [5.74, 6) is 0. The molecular formula is C12H20O2. The van der Waals surface area contributed by atoms with Crippen LogP contribution in [0.2, 0.25) is 0 Å². The van der Waals surface area contributed by atoms with Gasteiger partial charge in [0.2, 0.25) is 0 Å². The van der Waals surface area contributed by atoms with E-state index in [2.05, 4.69) is 19.1 Å². The molecule has 2 nitrogen and oxygen atoms in total. The molecule has 1 aromatic rings. The van der Waals surface area contributed by atoms with E-state index < -0.39 is 6.29 Å². The van der Waals surface area contributed by atoms with Crippen LogP contribution in [0.3, 0.4) is 0 Å². The maximum absolute atomic E-state index is 8.24. The van der Waals surface area contributed by atoms with Crippen molar-refractivity contribution in [2.45, 2.75) is 39.4 Å². The lowest BCUT2D eigenvalue weighted by Crippen LogP contribution is -2.02. The fourth-order valence-electron chi connectivity index (χ4n) is 0.921. The number of aliphatic hydroxyl groups excluding tert-OH is 1. The molecule has 0 spiro atoms. The lowest BCUT2D eigenvalue weighted by Gasteiger charge is -1.97. The Hall–Kier alpha value is -0.860. The highest BCUT2D eigenvalue weighted by molar-refractivity contribution is 5.11. The van der Waals surface area contributed by atoms with Crippen LogP contribution in [0, 0.1) is 6.92 Å². The van der Waals surface area contributed by atoms with Crippen LogP contribution in [0.1, 0.15) is 31.7 Å². The smallest absolute Gasteiger partial charge is 0.151 e. The third kappa shape index (κ3) is 9.23. The molecule has 0 saturated carbocycles. The Bertz CT molecular complexity index is 207. The molecule has 14 heavy (non-hydrogen) atoms. The van der Waals surface area contributed by atoms with Crippen LogP contribution < -0.4 is 0 Å². The van der Waals surface area contributed by atoms with Crippen LogP contribution >= 0.6 is 0 Å². The van der Waals surface area contributed by atoms with Gasteiger partial charge < -0.3 is 10.2 Å². The van der Waals surface area contributed by atoms with Crippen LogP contribution in [0.15, 0.2) is 30.3 Å². The number of hydrogen-bond acceptors (Lipinski definition) is 2. The van der Waals surface area contributed by atoms with E-state index in [1.54, 1.807) is 0 Å². The van der Waals surface area contributed by atoms with Gasteiger partial charge in [0.15, 0.2) is 6.29 Å². The fraction of sp³-hybridized carbons (Fsp3) is 0.500. The molecule has 0 bridgehead atoms. The molecule has 0 unspecified atom stereocenters. The Morgan fingerprint density at radius 2 is 1.71 bits per heavy atom. The van der Waals surface area contributed by atoms with Crippen molar-refractivity contribution in [2.24, 2.45) is 0 Å². The van der Waals surface area contributed by atoms with Crippen molar-refractivity contribution in [3.8, 4) is 0 Å². The minimum atomic E-state index is -1.10. The van der Waals surface area contributed by atoms with Gasteiger partial charge in [0, 0.05) is 0 Å². The van der Waals surface area contributed by atoms with Gasteiger partial charge in [0.25, 0.3) is 0 Å². The molecule has 0 saturated heterocycles. The van der Waals surface area contributed by atoms with Crippen LogP contribution in [0.25, 0.3) is 0 Å². The van der Waals surface area contributed by atoms with E-state index >= 15 is 0 Å². The molecule has 1 rings (SSSR count). The molecule has 0 heterocycles. The molecule has 2 heteroatoms. The van der Waals surface area contributed by atoms with E-state index in [0.717, 1.165) is 12.8 Å². The quantitative estimate of drug-likeness (QED) is 0.729. The highest BCUT2D eigenvalue weighted by atomic mass is 16.5. The highest BCUT2D eigenvalue weighted by Gasteiger charge is 1.92. The zero-order valence-corrected chi connectivity index (χ0v) is 8.98. The zero-order valence-electron chi connectivity index (χ0n) is 8.98. The van der Waals surface area contributed by atoms with E-state index in [1.165, 1.54) is 5.56 Å². The standard InChI is InChI=1S/C7H8.C5H12O2/c1-7-5-3-2-4-6-7;1-2-3-4-5(6)7/h2-6H,1H3;5-7H,2-4H2,1H3. The van der Waals surface area contributed by atoms with E-state index in [9.17, 15) is 0 Å². The van der Waals surface area contributed by atoms with Gasteiger partial charge in [-0.15, -0.1) is 0 Å². The Kier molecular flexibility index (Phi) is 8.19. The van der Waals surface area contributed by atoms with Gasteiger partial charge in [-0.3, -0.25) is 0 Å². The molecule has 0 aliphatic carbocycles. The molecule has 1 aromatic carbocycles. The van der Waals surface area contributed by atoms with E-state index in [4.69, 9.17) is 10.2 Å². The third-order valence-corrected chi connectivity index (χ3v) is 1.76. The maximum atomic E-state index is 8.24. The van der Waals surface area contributed by atoms with Crippen molar-refractivity contribution in [1.82, 2.24) is 0 Å². The number of benzene rings is 1. The first-order chi connectivity index (χ1) is 6.66. The molecule has 0 radical (unpaired) electrons. The largest absolute Gasteiger partial charge is 0.368 e. The minimum absolute atomic E-state index is 0.510. The first kappa shape index (κ1) is 13.1. The van der Waals surface area contributed by atoms with Crippen LogP contribution in [0.4, 0.5) is 0 Å². The lowest BCUT2D eigenvalue weighted by molar-refractivity contribution is -0.0463. The SMILES string of the molecule is CCCCC(O)O.Cc1ccccc1. The fourth-order valence-corrected chi connectivity index (χ4v) is 0.921. The molecule has 2 N–H and O–H groups in total.